The molecule has 0 saturated carbocycles. The molecule has 0 unspecified atom stereocenters. The van der Waals surface area contributed by atoms with Crippen molar-refractivity contribution in [3.05, 3.63) is 29.8 Å². The summed E-state index contributed by atoms with van der Waals surface area (Å²) in [6.07, 6.45) is 1.64. The maximum Gasteiger partial charge on any atom is 0.326 e. The van der Waals surface area contributed by atoms with Crippen molar-refractivity contribution < 1.29 is 23.1 Å². The molecule has 116 valence electrons. The highest BCUT2D eigenvalue weighted by Crippen LogP contribution is 2.13. The molecule has 1 aromatic carbocycles. The van der Waals surface area contributed by atoms with Gasteiger partial charge in [0.25, 0.3) is 5.91 Å². The molecule has 0 aromatic heterocycles. The van der Waals surface area contributed by atoms with Crippen molar-refractivity contribution in [2.75, 3.05) is 6.26 Å². The molecule has 0 heterocycles. The van der Waals surface area contributed by atoms with Gasteiger partial charge in [0.05, 0.1) is 4.90 Å². The lowest BCUT2D eigenvalue weighted by atomic mass is 9.99. The summed E-state index contributed by atoms with van der Waals surface area (Å²) in [4.78, 5) is 23.3. The first-order valence-corrected chi connectivity index (χ1v) is 8.39. The van der Waals surface area contributed by atoms with Crippen LogP contribution in [-0.2, 0) is 14.6 Å². The van der Waals surface area contributed by atoms with E-state index in [4.69, 9.17) is 5.11 Å². The first kappa shape index (κ1) is 17.2. The number of hydrogen-bond donors (Lipinski definition) is 2. The van der Waals surface area contributed by atoms with E-state index >= 15 is 0 Å². The molecule has 2 atom stereocenters. The second kappa shape index (κ2) is 6.71. The molecule has 0 aliphatic heterocycles. The van der Waals surface area contributed by atoms with E-state index in [0.29, 0.717) is 6.42 Å². The zero-order valence-electron chi connectivity index (χ0n) is 12.2. The Balaban J connectivity index is 3.01. The minimum atomic E-state index is -3.42. The Morgan fingerprint density at radius 2 is 1.95 bits per heavy atom. The van der Waals surface area contributed by atoms with Crippen LogP contribution in [0.15, 0.2) is 29.2 Å². The Kier molecular flexibility index (Phi) is 5.48. The number of benzene rings is 1. The zero-order valence-corrected chi connectivity index (χ0v) is 13.0. The van der Waals surface area contributed by atoms with E-state index in [1.807, 2.05) is 6.92 Å². The monoisotopic (exact) mass is 313 g/mol. The first-order chi connectivity index (χ1) is 9.66. The lowest BCUT2D eigenvalue weighted by Crippen LogP contribution is -2.45. The normalized spacial score (nSPS) is 14.2. The SMILES string of the molecule is CC[C@H](C)[C@H](NC(=O)c1cccc(S(C)(=O)=O)c1)C(=O)O. The number of sulfone groups is 1. The maximum absolute atomic E-state index is 12.1. The van der Waals surface area contributed by atoms with Gasteiger partial charge in [-0.25, -0.2) is 13.2 Å². The second-order valence-corrected chi connectivity index (χ2v) is 6.99. The smallest absolute Gasteiger partial charge is 0.326 e. The summed E-state index contributed by atoms with van der Waals surface area (Å²) in [5, 5.41) is 11.6. The third-order valence-corrected chi connectivity index (χ3v) is 4.40. The van der Waals surface area contributed by atoms with Gasteiger partial charge in [-0.05, 0) is 24.1 Å². The molecule has 0 aliphatic rings. The Hall–Kier alpha value is -1.89. The van der Waals surface area contributed by atoms with Crippen LogP contribution < -0.4 is 5.32 Å². The van der Waals surface area contributed by atoms with Gasteiger partial charge in [0.1, 0.15) is 6.04 Å². The van der Waals surface area contributed by atoms with Gasteiger partial charge in [0, 0.05) is 11.8 Å². The first-order valence-electron chi connectivity index (χ1n) is 6.50. The second-order valence-electron chi connectivity index (χ2n) is 4.97. The van der Waals surface area contributed by atoms with E-state index in [-0.39, 0.29) is 16.4 Å². The molecular weight excluding hydrogens is 294 g/mol. The standard InChI is InChI=1S/C14H19NO5S/c1-4-9(2)12(14(17)18)15-13(16)10-6-5-7-11(8-10)21(3,19)20/h5-9,12H,4H2,1-3H3,(H,15,16)(H,17,18)/t9-,12-/m0/s1. The van der Waals surface area contributed by atoms with Gasteiger partial charge in [-0.15, -0.1) is 0 Å². The number of rotatable bonds is 6. The van der Waals surface area contributed by atoms with E-state index in [9.17, 15) is 18.0 Å². The lowest BCUT2D eigenvalue weighted by Gasteiger charge is -2.20. The van der Waals surface area contributed by atoms with Crippen LogP contribution in [0, 0.1) is 5.92 Å². The Morgan fingerprint density at radius 1 is 1.33 bits per heavy atom. The Morgan fingerprint density at radius 3 is 2.43 bits per heavy atom. The van der Waals surface area contributed by atoms with Crippen molar-refractivity contribution in [1.82, 2.24) is 5.32 Å². The highest BCUT2D eigenvalue weighted by Gasteiger charge is 2.26. The number of nitrogens with one attached hydrogen (secondary N) is 1. The van der Waals surface area contributed by atoms with Crippen molar-refractivity contribution in [3.63, 3.8) is 0 Å². The summed E-state index contributed by atoms with van der Waals surface area (Å²) in [6.45, 7) is 3.56. The topological polar surface area (TPSA) is 101 Å². The van der Waals surface area contributed by atoms with Crippen LogP contribution in [0.4, 0.5) is 0 Å². The molecule has 0 fully saturated rings. The summed E-state index contributed by atoms with van der Waals surface area (Å²) in [5.74, 6) is -1.95. The fourth-order valence-electron chi connectivity index (χ4n) is 1.78. The molecular formula is C14H19NO5S. The Bertz CT molecular complexity index is 639. The van der Waals surface area contributed by atoms with Crippen LogP contribution in [0.1, 0.15) is 30.6 Å². The number of carboxylic acids is 1. The highest BCUT2D eigenvalue weighted by atomic mass is 32.2. The van der Waals surface area contributed by atoms with Crippen molar-refractivity contribution >= 4 is 21.7 Å². The van der Waals surface area contributed by atoms with Crippen molar-refractivity contribution in [1.29, 1.82) is 0 Å². The quantitative estimate of drug-likeness (QED) is 0.825. The molecule has 21 heavy (non-hydrogen) atoms. The van der Waals surface area contributed by atoms with Gasteiger partial charge >= 0.3 is 5.97 Å². The number of carbonyl (C=O) groups is 2. The maximum atomic E-state index is 12.1. The zero-order chi connectivity index (χ0) is 16.2. The summed E-state index contributed by atoms with van der Waals surface area (Å²) >= 11 is 0. The van der Waals surface area contributed by atoms with Crippen molar-refractivity contribution in [2.24, 2.45) is 5.92 Å². The van der Waals surface area contributed by atoms with Crippen LogP contribution in [0.3, 0.4) is 0 Å². The predicted octanol–water partition coefficient (Wildman–Crippen LogP) is 1.32. The average molecular weight is 313 g/mol. The largest absolute Gasteiger partial charge is 0.480 e. The molecule has 1 amide bonds. The minimum absolute atomic E-state index is 0.0190. The number of carbonyl (C=O) groups excluding carboxylic acids is 1. The summed E-state index contributed by atoms with van der Waals surface area (Å²) in [5.41, 5.74) is 0.118. The van der Waals surface area contributed by atoms with E-state index in [1.165, 1.54) is 24.3 Å². The average Bonchev–Trinajstić information content (AvgIpc) is 2.42. The van der Waals surface area contributed by atoms with Crippen LogP contribution in [-0.4, -0.2) is 37.7 Å². The molecule has 0 radical (unpaired) electrons. The van der Waals surface area contributed by atoms with Gasteiger partial charge in [-0.3, -0.25) is 4.79 Å². The number of aliphatic carboxylic acids is 1. The predicted molar refractivity (Wildman–Crippen MR) is 77.9 cm³/mol. The molecule has 2 N–H and O–H groups in total. The fraction of sp³-hybridized carbons (Fsp3) is 0.429. The molecule has 7 heteroatoms. The van der Waals surface area contributed by atoms with Gasteiger partial charge in [0.2, 0.25) is 0 Å². The highest BCUT2D eigenvalue weighted by molar-refractivity contribution is 7.90. The van der Waals surface area contributed by atoms with Gasteiger partial charge < -0.3 is 10.4 Å². The summed E-state index contributed by atoms with van der Waals surface area (Å²) in [7, 11) is -3.42. The van der Waals surface area contributed by atoms with Crippen LogP contribution in [0.25, 0.3) is 0 Å². The van der Waals surface area contributed by atoms with E-state index < -0.39 is 27.8 Å². The molecule has 0 saturated heterocycles. The van der Waals surface area contributed by atoms with Gasteiger partial charge in [-0.2, -0.15) is 0 Å². The molecule has 1 rings (SSSR count). The number of carboxylic acid groups (broad SMARTS) is 1. The van der Waals surface area contributed by atoms with E-state index in [1.54, 1.807) is 6.92 Å². The van der Waals surface area contributed by atoms with Crippen LogP contribution in [0.2, 0.25) is 0 Å². The van der Waals surface area contributed by atoms with Crippen molar-refractivity contribution in [3.8, 4) is 0 Å². The Labute approximate surface area is 124 Å². The van der Waals surface area contributed by atoms with Crippen molar-refractivity contribution in [2.45, 2.75) is 31.2 Å². The van der Waals surface area contributed by atoms with Gasteiger partial charge in [0.15, 0.2) is 9.84 Å². The third-order valence-electron chi connectivity index (χ3n) is 3.29. The minimum Gasteiger partial charge on any atom is -0.480 e. The van der Waals surface area contributed by atoms with Gasteiger partial charge in [-0.1, -0.05) is 26.3 Å². The van der Waals surface area contributed by atoms with Crippen LogP contribution in [0.5, 0.6) is 0 Å². The molecule has 0 bridgehead atoms. The summed E-state index contributed by atoms with van der Waals surface area (Å²) in [6, 6.07) is 4.50. The molecule has 0 spiro atoms. The molecule has 6 nitrogen and oxygen atoms in total. The van der Waals surface area contributed by atoms with Crippen LogP contribution >= 0.6 is 0 Å². The van der Waals surface area contributed by atoms with E-state index in [0.717, 1.165) is 6.26 Å². The fourth-order valence-corrected chi connectivity index (χ4v) is 2.44. The third kappa shape index (κ3) is 4.56. The number of amides is 1. The molecule has 0 aliphatic carbocycles. The molecule has 1 aromatic rings. The number of hydrogen-bond acceptors (Lipinski definition) is 4. The van der Waals surface area contributed by atoms with E-state index in [2.05, 4.69) is 5.32 Å². The summed E-state index contributed by atoms with van der Waals surface area (Å²) < 4.78 is 22.9. The lowest BCUT2D eigenvalue weighted by molar-refractivity contribution is -0.140.